The molecular formula is C7H11ClN2O. The predicted molar refractivity (Wildman–Crippen MR) is 36.8 cm³/mol. The molecule has 0 fully saturated rings. The van der Waals surface area contributed by atoms with Crippen LogP contribution in [0.2, 0.25) is 0 Å². The van der Waals surface area contributed by atoms with Gasteiger partial charge in [0.25, 0.3) is 5.82 Å². The maximum Gasteiger partial charge on any atom is 0.293 e. The molecule has 0 aliphatic carbocycles. The van der Waals surface area contributed by atoms with Crippen molar-refractivity contribution in [1.29, 1.82) is 0 Å². The van der Waals surface area contributed by atoms with Gasteiger partial charge in [0.1, 0.15) is 6.20 Å². The summed E-state index contributed by atoms with van der Waals surface area (Å²) in [7, 11) is 1.63. The number of nitrogens with zero attached hydrogens (tertiary/aromatic N) is 1. The number of methoxy groups -OCH3 is 1. The van der Waals surface area contributed by atoms with Gasteiger partial charge in [0.05, 0.1) is 7.11 Å². The SMILES string of the molecule is COc1c[nH+]c(C)nc1C.[Cl-]. The van der Waals surface area contributed by atoms with Crippen molar-refractivity contribution in [2.24, 2.45) is 0 Å². The van der Waals surface area contributed by atoms with Gasteiger partial charge >= 0.3 is 0 Å². The average molecular weight is 175 g/mol. The number of aromatic nitrogens is 2. The Balaban J connectivity index is 0.000001000. The van der Waals surface area contributed by atoms with E-state index in [1.807, 2.05) is 13.8 Å². The fourth-order valence-electron chi connectivity index (χ4n) is 0.820. The standard InChI is InChI=1S/C7H10N2O.ClH/c1-5-7(10-3)4-8-6(2)9-5;/h4H,1-3H3;1H. The predicted octanol–water partition coefficient (Wildman–Crippen LogP) is -2.47. The molecule has 0 bridgehead atoms. The molecule has 11 heavy (non-hydrogen) atoms. The number of hydrogen-bond acceptors (Lipinski definition) is 2. The summed E-state index contributed by atoms with van der Waals surface area (Å²) in [4.78, 5) is 7.12. The van der Waals surface area contributed by atoms with E-state index in [2.05, 4.69) is 9.97 Å². The van der Waals surface area contributed by atoms with Gasteiger partial charge in [0, 0.05) is 13.8 Å². The smallest absolute Gasteiger partial charge is 0.293 e. The molecule has 1 aromatic rings. The van der Waals surface area contributed by atoms with E-state index in [1.54, 1.807) is 13.3 Å². The molecule has 62 valence electrons. The van der Waals surface area contributed by atoms with Crippen molar-refractivity contribution in [3.63, 3.8) is 0 Å². The molecule has 4 heteroatoms. The zero-order valence-corrected chi connectivity index (χ0v) is 7.57. The van der Waals surface area contributed by atoms with Crippen LogP contribution in [-0.2, 0) is 0 Å². The van der Waals surface area contributed by atoms with E-state index in [0.717, 1.165) is 17.3 Å². The fraction of sp³-hybridized carbons (Fsp3) is 0.429. The minimum atomic E-state index is 0. The molecule has 1 N–H and O–H groups in total. The molecule has 1 rings (SSSR count). The molecule has 1 aromatic heterocycles. The molecule has 0 saturated heterocycles. The first-order valence-electron chi connectivity index (χ1n) is 3.14. The van der Waals surface area contributed by atoms with Crippen LogP contribution < -0.4 is 22.1 Å². The Morgan fingerprint density at radius 2 is 2.09 bits per heavy atom. The third kappa shape index (κ3) is 2.35. The molecule has 0 saturated carbocycles. The third-order valence-corrected chi connectivity index (χ3v) is 1.32. The quantitative estimate of drug-likeness (QED) is 0.473. The summed E-state index contributed by atoms with van der Waals surface area (Å²) in [6.07, 6.45) is 1.80. The molecule has 0 radical (unpaired) electrons. The van der Waals surface area contributed by atoms with Gasteiger partial charge in [-0.1, -0.05) is 0 Å². The first-order valence-corrected chi connectivity index (χ1v) is 3.14. The van der Waals surface area contributed by atoms with Crippen molar-refractivity contribution in [3.05, 3.63) is 17.7 Å². The number of halogens is 1. The summed E-state index contributed by atoms with van der Waals surface area (Å²) in [5.74, 6) is 1.70. The summed E-state index contributed by atoms with van der Waals surface area (Å²) >= 11 is 0. The van der Waals surface area contributed by atoms with Gasteiger partial charge in [0.15, 0.2) is 5.69 Å². The largest absolute Gasteiger partial charge is 1.00 e. The first-order chi connectivity index (χ1) is 4.74. The van der Waals surface area contributed by atoms with Crippen LogP contribution in [0.25, 0.3) is 0 Å². The number of aromatic amines is 1. The highest BCUT2D eigenvalue weighted by Gasteiger charge is 2.06. The highest BCUT2D eigenvalue weighted by atomic mass is 35.5. The van der Waals surface area contributed by atoms with Crippen LogP contribution in [-0.4, -0.2) is 12.1 Å². The highest BCUT2D eigenvalue weighted by Crippen LogP contribution is 2.09. The topological polar surface area (TPSA) is 36.3 Å². The van der Waals surface area contributed by atoms with E-state index in [4.69, 9.17) is 4.74 Å². The van der Waals surface area contributed by atoms with E-state index in [0.29, 0.717) is 0 Å². The molecule has 0 unspecified atom stereocenters. The van der Waals surface area contributed by atoms with E-state index in [1.165, 1.54) is 0 Å². The minimum Gasteiger partial charge on any atom is -1.00 e. The lowest BCUT2D eigenvalue weighted by Gasteiger charge is -1.95. The minimum absolute atomic E-state index is 0. The van der Waals surface area contributed by atoms with Crippen LogP contribution in [0.15, 0.2) is 6.20 Å². The van der Waals surface area contributed by atoms with E-state index < -0.39 is 0 Å². The zero-order valence-electron chi connectivity index (χ0n) is 6.81. The molecule has 3 nitrogen and oxygen atoms in total. The number of H-pyrrole nitrogens is 1. The van der Waals surface area contributed by atoms with Gasteiger partial charge in [-0.15, -0.1) is 0 Å². The van der Waals surface area contributed by atoms with E-state index in [-0.39, 0.29) is 12.4 Å². The lowest BCUT2D eigenvalue weighted by molar-refractivity contribution is -0.393. The number of rotatable bonds is 1. The van der Waals surface area contributed by atoms with Crippen molar-refractivity contribution >= 4 is 0 Å². The molecule has 0 atom stereocenters. The Labute approximate surface area is 72.2 Å². The summed E-state index contributed by atoms with van der Waals surface area (Å²) in [5.41, 5.74) is 0.916. The third-order valence-electron chi connectivity index (χ3n) is 1.32. The van der Waals surface area contributed by atoms with E-state index >= 15 is 0 Å². The Hall–Kier alpha value is -0.830. The normalized spacial score (nSPS) is 8.64. The second-order valence-electron chi connectivity index (χ2n) is 2.14. The molecule has 0 amide bonds. The van der Waals surface area contributed by atoms with Crippen molar-refractivity contribution in [2.45, 2.75) is 13.8 Å². The van der Waals surface area contributed by atoms with Crippen molar-refractivity contribution in [1.82, 2.24) is 4.98 Å². The molecule has 0 aliphatic rings. The maximum absolute atomic E-state index is 5.01. The number of hydrogen-bond donors (Lipinski definition) is 0. The second kappa shape index (κ2) is 4.13. The Kier molecular flexibility index (Phi) is 3.82. The van der Waals surface area contributed by atoms with Gasteiger partial charge in [0.2, 0.25) is 5.75 Å². The zero-order chi connectivity index (χ0) is 7.56. The molecular weight excluding hydrogens is 164 g/mol. The van der Waals surface area contributed by atoms with Crippen molar-refractivity contribution in [2.75, 3.05) is 7.11 Å². The average Bonchev–Trinajstić information content (AvgIpc) is 1.88. The number of aryl methyl sites for hydroxylation is 2. The lowest BCUT2D eigenvalue weighted by atomic mass is 10.4. The van der Waals surface area contributed by atoms with Crippen LogP contribution in [0.1, 0.15) is 11.5 Å². The van der Waals surface area contributed by atoms with Crippen LogP contribution in [0, 0.1) is 13.8 Å². The number of ether oxygens (including phenoxy) is 1. The van der Waals surface area contributed by atoms with Crippen LogP contribution >= 0.6 is 0 Å². The summed E-state index contributed by atoms with van der Waals surface area (Å²) in [6.45, 7) is 3.83. The van der Waals surface area contributed by atoms with E-state index in [9.17, 15) is 0 Å². The molecule has 1 heterocycles. The van der Waals surface area contributed by atoms with Gasteiger partial charge < -0.3 is 17.1 Å². The summed E-state index contributed by atoms with van der Waals surface area (Å²) in [5, 5.41) is 0. The molecule has 0 spiro atoms. The van der Waals surface area contributed by atoms with Gasteiger partial charge in [-0.2, -0.15) is 0 Å². The van der Waals surface area contributed by atoms with Crippen LogP contribution in [0.3, 0.4) is 0 Å². The van der Waals surface area contributed by atoms with Crippen molar-refractivity contribution in [3.8, 4) is 5.75 Å². The van der Waals surface area contributed by atoms with Gasteiger partial charge in [-0.05, 0) is 4.98 Å². The Bertz CT molecular complexity index is 240. The molecule has 0 aromatic carbocycles. The lowest BCUT2D eigenvalue weighted by Crippen LogP contribution is -3.00. The Morgan fingerprint density at radius 3 is 2.55 bits per heavy atom. The fourth-order valence-corrected chi connectivity index (χ4v) is 0.820. The first kappa shape index (κ1) is 10.2. The Morgan fingerprint density at radius 1 is 1.45 bits per heavy atom. The van der Waals surface area contributed by atoms with Crippen LogP contribution in [0.4, 0.5) is 0 Å². The summed E-state index contributed by atoms with van der Waals surface area (Å²) < 4.78 is 5.01. The van der Waals surface area contributed by atoms with Crippen molar-refractivity contribution < 1.29 is 22.1 Å². The second-order valence-corrected chi connectivity index (χ2v) is 2.14. The summed E-state index contributed by atoms with van der Waals surface area (Å²) in [6, 6.07) is 0. The number of nitrogens with one attached hydrogen (secondary N) is 1. The van der Waals surface area contributed by atoms with Crippen LogP contribution in [0.5, 0.6) is 5.75 Å². The molecule has 0 aliphatic heterocycles. The highest BCUT2D eigenvalue weighted by molar-refractivity contribution is 5.19. The maximum atomic E-state index is 5.01. The van der Waals surface area contributed by atoms with Gasteiger partial charge in [-0.3, -0.25) is 0 Å². The van der Waals surface area contributed by atoms with Gasteiger partial charge in [-0.25, -0.2) is 4.98 Å². The monoisotopic (exact) mass is 174 g/mol.